The third-order valence-electron chi connectivity index (χ3n) is 3.97. The first kappa shape index (κ1) is 16.5. The fraction of sp³-hybridized carbons (Fsp3) is 0.533. The predicted molar refractivity (Wildman–Crippen MR) is 82.7 cm³/mol. The van der Waals surface area contributed by atoms with Crippen LogP contribution in [-0.4, -0.2) is 31.7 Å². The lowest BCUT2D eigenvalue weighted by Crippen LogP contribution is -2.40. The quantitative estimate of drug-likeness (QED) is 0.870. The Labute approximate surface area is 131 Å². The molecule has 1 atom stereocenters. The highest BCUT2D eigenvalue weighted by Gasteiger charge is 2.37. The van der Waals surface area contributed by atoms with E-state index in [4.69, 9.17) is 16.7 Å². The fourth-order valence-electron chi connectivity index (χ4n) is 2.69. The van der Waals surface area contributed by atoms with Crippen LogP contribution in [0.1, 0.15) is 31.2 Å². The molecule has 1 saturated carbocycles. The molecule has 4 nitrogen and oxygen atoms in total. The summed E-state index contributed by atoms with van der Waals surface area (Å²) in [5, 5.41) is 20.0. The van der Waals surface area contributed by atoms with E-state index >= 15 is 0 Å². The monoisotopic (exact) mass is 330 g/mol. The SMILES string of the molecule is O=C(O)C1CCC(O)(CS(=O)Cc2ccccc2Cl)CC1. The van der Waals surface area contributed by atoms with Crippen LogP contribution in [0.3, 0.4) is 0 Å². The zero-order chi connectivity index (χ0) is 15.5. The number of carboxylic acids is 1. The van der Waals surface area contributed by atoms with Crippen molar-refractivity contribution in [1.29, 1.82) is 0 Å². The largest absolute Gasteiger partial charge is 0.481 e. The van der Waals surface area contributed by atoms with E-state index in [2.05, 4.69) is 0 Å². The molecule has 0 amide bonds. The Morgan fingerprint density at radius 3 is 2.52 bits per heavy atom. The van der Waals surface area contributed by atoms with Crippen LogP contribution < -0.4 is 0 Å². The van der Waals surface area contributed by atoms with E-state index < -0.39 is 22.4 Å². The first-order valence-electron chi connectivity index (χ1n) is 6.93. The maximum Gasteiger partial charge on any atom is 0.306 e. The number of aliphatic hydroxyl groups is 1. The van der Waals surface area contributed by atoms with Crippen molar-refractivity contribution < 1.29 is 19.2 Å². The summed E-state index contributed by atoms with van der Waals surface area (Å²) in [6.45, 7) is 0. The molecule has 21 heavy (non-hydrogen) atoms. The molecule has 1 aliphatic carbocycles. The Morgan fingerprint density at radius 2 is 1.95 bits per heavy atom. The van der Waals surface area contributed by atoms with Crippen LogP contribution in [0.25, 0.3) is 0 Å². The third kappa shape index (κ3) is 4.53. The minimum Gasteiger partial charge on any atom is -0.481 e. The highest BCUT2D eigenvalue weighted by molar-refractivity contribution is 7.84. The number of rotatable bonds is 5. The van der Waals surface area contributed by atoms with Gasteiger partial charge in [0.1, 0.15) is 0 Å². The zero-order valence-corrected chi connectivity index (χ0v) is 13.2. The molecule has 2 N–H and O–H groups in total. The van der Waals surface area contributed by atoms with Gasteiger partial charge in [0.25, 0.3) is 0 Å². The lowest BCUT2D eigenvalue weighted by Gasteiger charge is -2.34. The summed E-state index contributed by atoms with van der Waals surface area (Å²) in [6, 6.07) is 7.23. The Balaban J connectivity index is 1.91. The summed E-state index contributed by atoms with van der Waals surface area (Å²) in [6.07, 6.45) is 1.65. The van der Waals surface area contributed by atoms with Crippen LogP contribution in [0.4, 0.5) is 0 Å². The molecule has 1 aromatic rings. The average molecular weight is 331 g/mol. The average Bonchev–Trinajstić information content (AvgIpc) is 2.41. The topological polar surface area (TPSA) is 74.6 Å². The van der Waals surface area contributed by atoms with Crippen molar-refractivity contribution in [2.75, 3.05) is 5.75 Å². The minimum atomic E-state index is -1.22. The second-order valence-electron chi connectivity index (χ2n) is 5.66. The Morgan fingerprint density at radius 1 is 1.33 bits per heavy atom. The van der Waals surface area contributed by atoms with Gasteiger partial charge >= 0.3 is 5.97 Å². The second kappa shape index (κ2) is 6.90. The van der Waals surface area contributed by atoms with Crippen LogP contribution in [-0.2, 0) is 21.3 Å². The van der Waals surface area contributed by atoms with Crippen molar-refractivity contribution in [3.05, 3.63) is 34.9 Å². The smallest absolute Gasteiger partial charge is 0.306 e. The maximum atomic E-state index is 12.2. The van der Waals surface area contributed by atoms with Crippen molar-refractivity contribution in [3.8, 4) is 0 Å². The summed E-state index contributed by atoms with van der Waals surface area (Å²) in [4.78, 5) is 10.9. The number of hydrogen-bond acceptors (Lipinski definition) is 3. The van der Waals surface area contributed by atoms with E-state index in [0.29, 0.717) is 36.5 Å². The molecular weight excluding hydrogens is 312 g/mol. The second-order valence-corrected chi connectivity index (χ2v) is 7.52. The third-order valence-corrected chi connectivity index (χ3v) is 5.83. The first-order valence-corrected chi connectivity index (χ1v) is 8.80. The van der Waals surface area contributed by atoms with Gasteiger partial charge in [-0.2, -0.15) is 0 Å². The van der Waals surface area contributed by atoms with Crippen LogP contribution >= 0.6 is 11.6 Å². The molecule has 116 valence electrons. The van der Waals surface area contributed by atoms with Crippen molar-refractivity contribution in [2.45, 2.75) is 37.0 Å². The van der Waals surface area contributed by atoms with E-state index in [-0.39, 0.29) is 11.7 Å². The minimum absolute atomic E-state index is 0.171. The van der Waals surface area contributed by atoms with Gasteiger partial charge in [0.15, 0.2) is 0 Å². The van der Waals surface area contributed by atoms with Gasteiger partial charge in [0, 0.05) is 15.8 Å². The zero-order valence-electron chi connectivity index (χ0n) is 11.6. The number of carboxylic acid groups (broad SMARTS) is 1. The van der Waals surface area contributed by atoms with E-state index in [9.17, 15) is 14.1 Å². The molecule has 0 heterocycles. The van der Waals surface area contributed by atoms with Crippen molar-refractivity contribution in [3.63, 3.8) is 0 Å². The van der Waals surface area contributed by atoms with Gasteiger partial charge in [0.2, 0.25) is 0 Å². The molecule has 1 unspecified atom stereocenters. The molecule has 0 spiro atoms. The lowest BCUT2D eigenvalue weighted by molar-refractivity contribution is -0.144. The maximum absolute atomic E-state index is 12.2. The molecular formula is C15H19ClO4S. The van der Waals surface area contributed by atoms with Crippen LogP contribution in [0.5, 0.6) is 0 Å². The fourth-order valence-corrected chi connectivity index (χ4v) is 4.56. The lowest BCUT2D eigenvalue weighted by atomic mass is 9.80. The number of carbonyl (C=O) groups is 1. The Bertz CT molecular complexity index is 538. The normalized spacial score (nSPS) is 27.2. The van der Waals surface area contributed by atoms with Gasteiger partial charge in [0.05, 0.1) is 23.0 Å². The van der Waals surface area contributed by atoms with Crippen molar-refractivity contribution in [1.82, 2.24) is 0 Å². The molecule has 0 radical (unpaired) electrons. The molecule has 1 fully saturated rings. The van der Waals surface area contributed by atoms with Crippen LogP contribution in [0.2, 0.25) is 5.02 Å². The summed E-state index contributed by atoms with van der Waals surface area (Å²) >= 11 is 6.04. The number of halogens is 1. The Kier molecular flexibility index (Phi) is 5.41. The van der Waals surface area contributed by atoms with Gasteiger partial charge in [-0.15, -0.1) is 0 Å². The van der Waals surface area contributed by atoms with Gasteiger partial charge in [-0.05, 0) is 37.3 Å². The van der Waals surface area contributed by atoms with Crippen LogP contribution in [0, 0.1) is 5.92 Å². The van der Waals surface area contributed by atoms with Crippen molar-refractivity contribution >= 4 is 28.4 Å². The Hall–Kier alpha value is -0.910. The summed E-state index contributed by atoms with van der Waals surface area (Å²) in [5.74, 6) is -0.717. The van der Waals surface area contributed by atoms with Crippen molar-refractivity contribution in [2.24, 2.45) is 5.92 Å². The van der Waals surface area contributed by atoms with Gasteiger partial charge in [-0.25, -0.2) is 0 Å². The number of benzene rings is 1. The van der Waals surface area contributed by atoms with Crippen LogP contribution in [0.15, 0.2) is 24.3 Å². The molecule has 0 aliphatic heterocycles. The van der Waals surface area contributed by atoms with E-state index in [1.807, 2.05) is 18.2 Å². The summed E-state index contributed by atoms with van der Waals surface area (Å²) < 4.78 is 12.2. The highest BCUT2D eigenvalue weighted by Crippen LogP contribution is 2.33. The molecule has 6 heteroatoms. The summed E-state index contributed by atoms with van der Waals surface area (Å²) in [7, 11) is -1.22. The van der Waals surface area contributed by atoms with E-state index in [1.165, 1.54) is 0 Å². The molecule has 0 aromatic heterocycles. The van der Waals surface area contributed by atoms with Gasteiger partial charge in [-0.1, -0.05) is 29.8 Å². The molecule has 0 bridgehead atoms. The highest BCUT2D eigenvalue weighted by atomic mass is 35.5. The van der Waals surface area contributed by atoms with Gasteiger partial charge in [-0.3, -0.25) is 9.00 Å². The van der Waals surface area contributed by atoms with Gasteiger partial charge < -0.3 is 10.2 Å². The molecule has 1 aromatic carbocycles. The molecule has 0 saturated heterocycles. The molecule has 1 aliphatic rings. The molecule has 2 rings (SSSR count). The van der Waals surface area contributed by atoms with E-state index in [1.54, 1.807) is 6.07 Å². The number of aliphatic carboxylic acids is 1. The summed E-state index contributed by atoms with van der Waals surface area (Å²) in [5.41, 5.74) is -0.210. The standard InChI is InChI=1S/C15H19ClO4S/c16-13-4-2-1-3-12(13)9-21(20)10-15(19)7-5-11(6-8-15)14(17)18/h1-4,11,19H,5-10H2,(H,17,18). The van der Waals surface area contributed by atoms with E-state index in [0.717, 1.165) is 5.56 Å². The number of hydrogen-bond donors (Lipinski definition) is 2. The predicted octanol–water partition coefficient (Wildman–Crippen LogP) is 2.59. The first-order chi connectivity index (χ1) is 9.89.